The van der Waals surface area contributed by atoms with Crippen molar-refractivity contribution in [3.63, 3.8) is 0 Å². The van der Waals surface area contributed by atoms with Crippen molar-refractivity contribution < 1.29 is 55.0 Å². The van der Waals surface area contributed by atoms with Crippen LogP contribution in [-0.2, 0) is 39.0 Å². The zero-order valence-electron chi connectivity index (χ0n) is 61.7. The highest BCUT2D eigenvalue weighted by Gasteiger charge is 2.27. The lowest BCUT2D eigenvalue weighted by Crippen LogP contribution is -2.42. The Balaban J connectivity index is 5.81. The molecule has 0 aromatic heterocycles. The summed E-state index contributed by atoms with van der Waals surface area (Å²) in [7, 11) is -6.87. The van der Waals surface area contributed by atoms with Gasteiger partial charge in [0.1, 0.15) is 22.4 Å². The normalized spacial score (nSPS) is 12.5. The van der Waals surface area contributed by atoms with E-state index in [0.717, 1.165) is 38.5 Å². The van der Waals surface area contributed by atoms with Crippen LogP contribution in [0.3, 0.4) is 0 Å². The largest absolute Gasteiger partial charge is 0.444 e. The number of alkyl carbamates (subject to hydrolysis) is 1. The van der Waals surface area contributed by atoms with Gasteiger partial charge in [-0.3, -0.25) is 0 Å². The van der Waals surface area contributed by atoms with E-state index in [1.807, 2.05) is 62.3 Å². The number of nitrogens with one attached hydrogen (secondary N) is 3. The van der Waals surface area contributed by atoms with Crippen LogP contribution < -0.4 is 14.8 Å². The van der Waals surface area contributed by atoms with Gasteiger partial charge in [-0.2, -0.15) is 0 Å². The number of hydrogen-bond donors (Lipinski definition) is 3. The molecule has 0 saturated carbocycles. The van der Waals surface area contributed by atoms with Crippen molar-refractivity contribution in [1.82, 2.24) is 34.4 Å². The third kappa shape index (κ3) is 58.2. The molecule has 0 aliphatic heterocycles. The first kappa shape index (κ1) is 88.9. The number of unbranched alkanes of at least 4 members (excludes halogenated alkanes) is 27. The second-order valence-corrected chi connectivity index (χ2v) is 33.6. The molecule has 0 aromatic rings. The van der Waals surface area contributed by atoms with Crippen LogP contribution in [0.25, 0.3) is 0 Å². The van der Waals surface area contributed by atoms with Crippen LogP contribution in [0.4, 0.5) is 19.2 Å². The monoisotopic (exact) mass is 1350 g/mol. The van der Waals surface area contributed by atoms with Crippen LogP contribution in [0, 0.1) is 0 Å². The first-order chi connectivity index (χ1) is 43.3. The summed E-state index contributed by atoms with van der Waals surface area (Å²) >= 11 is 0. The molecule has 19 nitrogen and oxygen atoms in total. The van der Waals surface area contributed by atoms with E-state index in [1.54, 1.807) is 35.5 Å². The molecule has 0 aliphatic rings. The number of sulfonamides is 2. The van der Waals surface area contributed by atoms with Crippen LogP contribution >= 0.6 is 0 Å². The van der Waals surface area contributed by atoms with Gasteiger partial charge in [0.2, 0.25) is 20.0 Å². The quantitative estimate of drug-likeness (QED) is 0.0381. The van der Waals surface area contributed by atoms with E-state index >= 15 is 0 Å². The summed E-state index contributed by atoms with van der Waals surface area (Å²) in [5.74, 6) is 0.218. The lowest BCUT2D eigenvalue weighted by Gasteiger charge is -2.31. The zero-order valence-corrected chi connectivity index (χ0v) is 63.3. The number of carbonyl (C=O) groups is 4. The van der Waals surface area contributed by atoms with Gasteiger partial charge in [0.05, 0.1) is 11.5 Å². The van der Waals surface area contributed by atoms with E-state index in [1.165, 1.54) is 128 Å². The molecular weight excluding hydrogens is 1210 g/mol. The van der Waals surface area contributed by atoms with Gasteiger partial charge >= 0.3 is 24.4 Å². The van der Waals surface area contributed by atoms with Gasteiger partial charge in [0.25, 0.3) is 0 Å². The van der Waals surface area contributed by atoms with Gasteiger partial charge in [-0.05, 0) is 161 Å². The molecule has 0 spiro atoms. The van der Waals surface area contributed by atoms with Crippen molar-refractivity contribution in [2.24, 2.45) is 0 Å². The van der Waals surface area contributed by atoms with E-state index < -0.39 is 66.8 Å². The standard InChI is InChI=1S/C71H143N7O12S2/c1-15-17-19-21-23-25-27-29-31-33-35-37-39-43-62-91(83,84)73-51-46-53-75(54-47-52-74-92(85,86)63-44-40-38-36-34-32-30-28-26-24-22-20-18-16-2)55-48-59-78(67(82)90-71(12,13)14)61-49-60-77(66(81)89-70(9,10)11)57-42-41-56-76(65(80)88-69(6,7)8)58-45-50-72-64(79)87-68(3,4)5/h73-74H,15-63H2,1-14H3,(H,72,79). The van der Waals surface area contributed by atoms with Crippen molar-refractivity contribution in [3.8, 4) is 0 Å². The van der Waals surface area contributed by atoms with E-state index in [-0.39, 0.29) is 18.1 Å². The van der Waals surface area contributed by atoms with Crippen LogP contribution in [0.5, 0.6) is 0 Å². The minimum absolute atomic E-state index is 0.109. The lowest BCUT2D eigenvalue weighted by molar-refractivity contribution is 0.0179. The number of nitrogens with zero attached hydrogens (tertiary/aromatic N) is 4. The van der Waals surface area contributed by atoms with Gasteiger partial charge in [-0.15, -0.1) is 0 Å². The average molecular weight is 1350 g/mol. The fourth-order valence-electron chi connectivity index (χ4n) is 10.7. The highest BCUT2D eigenvalue weighted by atomic mass is 32.2. The molecule has 0 aromatic carbocycles. The van der Waals surface area contributed by atoms with Gasteiger partial charge in [-0.1, -0.05) is 181 Å². The number of carbonyl (C=O) groups excluding carboxylic acids is 4. The summed E-state index contributed by atoms with van der Waals surface area (Å²) in [6, 6.07) is 0. The molecule has 0 bridgehead atoms. The van der Waals surface area contributed by atoms with Crippen molar-refractivity contribution in [2.45, 2.75) is 344 Å². The second-order valence-electron chi connectivity index (χ2n) is 29.8. The molecule has 3 N–H and O–H groups in total. The number of rotatable bonds is 57. The maximum absolute atomic E-state index is 13.9. The van der Waals surface area contributed by atoms with E-state index in [4.69, 9.17) is 18.9 Å². The molecule has 0 radical (unpaired) electrons. The summed E-state index contributed by atoms with van der Waals surface area (Å²) in [5, 5.41) is 2.74. The molecule has 0 unspecified atom stereocenters. The molecule has 21 heteroatoms. The SMILES string of the molecule is CCCCCCCCCCCCCCCCS(=O)(=O)NCCCN(CCCNS(=O)(=O)CCCCCCCCCCCCCCCC)CCCN(CCCN(CCCCN(CCCNC(=O)OC(C)(C)C)C(=O)OC(C)(C)C)C(=O)OC(C)(C)C)C(=O)OC(C)(C)C. The van der Waals surface area contributed by atoms with Gasteiger partial charge in [0, 0.05) is 58.9 Å². The summed E-state index contributed by atoms with van der Waals surface area (Å²) in [5.41, 5.74) is -2.86. The molecule has 92 heavy (non-hydrogen) atoms. The summed E-state index contributed by atoms with van der Waals surface area (Å²) in [6.07, 6.45) is 35.4. The molecular formula is C71H143N7O12S2. The number of ether oxygens (including phenoxy) is 4. The maximum Gasteiger partial charge on any atom is 0.410 e. The second kappa shape index (κ2) is 52.0. The molecule has 0 saturated heterocycles. The van der Waals surface area contributed by atoms with E-state index in [0.29, 0.717) is 130 Å². The van der Waals surface area contributed by atoms with Gasteiger partial charge < -0.3 is 43.9 Å². The van der Waals surface area contributed by atoms with Gasteiger partial charge in [-0.25, -0.2) is 45.5 Å². The minimum atomic E-state index is -3.44. The van der Waals surface area contributed by atoms with E-state index in [2.05, 4.69) is 33.5 Å². The van der Waals surface area contributed by atoms with Crippen molar-refractivity contribution in [2.75, 3.05) is 90.0 Å². The average Bonchev–Trinajstić information content (AvgIpc) is 1.37. The number of hydrogen-bond acceptors (Lipinski definition) is 13. The Morgan fingerprint density at radius 2 is 0.533 bits per heavy atom. The Morgan fingerprint density at radius 3 is 0.826 bits per heavy atom. The third-order valence-electron chi connectivity index (χ3n) is 15.6. The van der Waals surface area contributed by atoms with Crippen molar-refractivity contribution >= 4 is 44.4 Å². The molecule has 0 rings (SSSR count). The molecule has 4 amide bonds. The van der Waals surface area contributed by atoms with Gasteiger partial charge in [0.15, 0.2) is 0 Å². The number of amides is 4. The smallest absolute Gasteiger partial charge is 0.410 e. The predicted molar refractivity (Wildman–Crippen MR) is 381 cm³/mol. The topological polar surface area (TPSA) is 223 Å². The third-order valence-corrected chi connectivity index (χ3v) is 18.5. The Bertz CT molecular complexity index is 2020. The molecule has 0 fully saturated rings. The molecule has 0 atom stereocenters. The van der Waals surface area contributed by atoms with E-state index in [9.17, 15) is 36.0 Å². The Hall–Kier alpha value is -3.14. The molecule has 546 valence electrons. The van der Waals surface area contributed by atoms with Crippen LogP contribution in [0.2, 0.25) is 0 Å². The highest BCUT2D eigenvalue weighted by Crippen LogP contribution is 2.19. The van der Waals surface area contributed by atoms with Crippen molar-refractivity contribution in [3.05, 3.63) is 0 Å². The maximum atomic E-state index is 13.9. The molecule has 0 heterocycles. The summed E-state index contributed by atoms with van der Waals surface area (Å²) in [6.45, 7) is 30.8. The first-order valence-corrected chi connectivity index (χ1v) is 40.1. The summed E-state index contributed by atoms with van der Waals surface area (Å²) < 4.78 is 80.8. The Kier molecular flexibility index (Phi) is 50.3. The lowest BCUT2D eigenvalue weighted by atomic mass is 10.0. The first-order valence-electron chi connectivity index (χ1n) is 36.8. The highest BCUT2D eigenvalue weighted by molar-refractivity contribution is 7.89. The van der Waals surface area contributed by atoms with Crippen molar-refractivity contribution in [1.29, 1.82) is 0 Å². The fraction of sp³-hybridized carbons (Fsp3) is 0.944. The fourth-order valence-corrected chi connectivity index (χ4v) is 13.1. The molecule has 0 aliphatic carbocycles. The Morgan fingerprint density at radius 1 is 0.293 bits per heavy atom. The minimum Gasteiger partial charge on any atom is -0.444 e. The van der Waals surface area contributed by atoms with Crippen LogP contribution in [0.15, 0.2) is 0 Å². The zero-order chi connectivity index (χ0) is 69.2. The predicted octanol–water partition coefficient (Wildman–Crippen LogP) is 17.1. The Labute approximate surface area is 565 Å². The van der Waals surface area contributed by atoms with Crippen LogP contribution in [0.1, 0.15) is 322 Å². The summed E-state index contributed by atoms with van der Waals surface area (Å²) in [4.78, 5) is 60.3. The van der Waals surface area contributed by atoms with Crippen LogP contribution in [-0.4, -0.2) is 173 Å².